The predicted molar refractivity (Wildman–Crippen MR) is 102 cm³/mol. The molecule has 27 heavy (non-hydrogen) atoms. The van der Waals surface area contributed by atoms with Gasteiger partial charge in [0.05, 0.1) is 12.3 Å². The normalized spacial score (nSPS) is 10.8. The zero-order valence-electron chi connectivity index (χ0n) is 15.8. The van der Waals surface area contributed by atoms with Gasteiger partial charge in [-0.1, -0.05) is 12.1 Å². The molecule has 0 fully saturated rings. The van der Waals surface area contributed by atoms with E-state index in [-0.39, 0.29) is 19.1 Å². The zero-order chi connectivity index (χ0) is 19.4. The highest BCUT2D eigenvalue weighted by molar-refractivity contribution is 5.95. The standard InChI is InChI=1S/C20H23N5O2/c1-14-19(15(2)24(3)23-14)12-25(7-8-26)20(27)17-6-4-5-16(9-17)18-10-21-13-22-11-18/h4-6,9-11,13,26H,7-8,12H2,1-3H3. The second-order valence-corrected chi connectivity index (χ2v) is 6.43. The Kier molecular flexibility index (Phi) is 5.61. The van der Waals surface area contributed by atoms with Crippen LogP contribution in [0.1, 0.15) is 27.3 Å². The van der Waals surface area contributed by atoms with Gasteiger partial charge in [-0.05, 0) is 31.5 Å². The fourth-order valence-electron chi connectivity index (χ4n) is 3.07. The van der Waals surface area contributed by atoms with Crippen LogP contribution in [0.2, 0.25) is 0 Å². The molecule has 0 bridgehead atoms. The van der Waals surface area contributed by atoms with Gasteiger partial charge in [0.25, 0.3) is 5.91 Å². The third kappa shape index (κ3) is 4.03. The monoisotopic (exact) mass is 365 g/mol. The van der Waals surface area contributed by atoms with Gasteiger partial charge in [-0.25, -0.2) is 9.97 Å². The summed E-state index contributed by atoms with van der Waals surface area (Å²) < 4.78 is 1.81. The highest BCUT2D eigenvalue weighted by Crippen LogP contribution is 2.21. The molecule has 0 aliphatic heterocycles. The van der Waals surface area contributed by atoms with Crippen molar-refractivity contribution in [3.8, 4) is 11.1 Å². The first-order valence-corrected chi connectivity index (χ1v) is 8.76. The summed E-state index contributed by atoms with van der Waals surface area (Å²) in [5.74, 6) is -0.134. The number of hydrogen-bond donors (Lipinski definition) is 1. The van der Waals surface area contributed by atoms with Crippen LogP contribution in [0, 0.1) is 13.8 Å². The highest BCUT2D eigenvalue weighted by Gasteiger charge is 2.20. The van der Waals surface area contributed by atoms with E-state index in [9.17, 15) is 9.90 Å². The van der Waals surface area contributed by atoms with Crippen LogP contribution in [0.15, 0.2) is 43.0 Å². The van der Waals surface area contributed by atoms with Crippen molar-refractivity contribution in [3.63, 3.8) is 0 Å². The van der Waals surface area contributed by atoms with E-state index < -0.39 is 0 Å². The molecule has 0 aliphatic carbocycles. The molecule has 3 rings (SSSR count). The number of aromatic nitrogens is 4. The Morgan fingerprint density at radius 1 is 1.19 bits per heavy atom. The maximum Gasteiger partial charge on any atom is 0.254 e. The van der Waals surface area contributed by atoms with E-state index in [1.807, 2.05) is 43.8 Å². The Hall–Kier alpha value is -3.06. The number of carbonyl (C=O) groups excluding carboxylic acids is 1. The van der Waals surface area contributed by atoms with Crippen LogP contribution in [0.3, 0.4) is 0 Å². The molecule has 7 heteroatoms. The molecule has 1 aromatic carbocycles. The molecule has 0 saturated carbocycles. The van der Waals surface area contributed by atoms with Crippen molar-refractivity contribution < 1.29 is 9.90 Å². The van der Waals surface area contributed by atoms with Gasteiger partial charge >= 0.3 is 0 Å². The number of nitrogens with zero attached hydrogens (tertiary/aromatic N) is 5. The number of aliphatic hydroxyl groups is 1. The molecule has 1 amide bonds. The minimum absolute atomic E-state index is 0.101. The summed E-state index contributed by atoms with van der Waals surface area (Å²) in [7, 11) is 1.88. The molecule has 140 valence electrons. The lowest BCUT2D eigenvalue weighted by atomic mass is 10.0. The van der Waals surface area contributed by atoms with Crippen LogP contribution >= 0.6 is 0 Å². The van der Waals surface area contributed by atoms with Gasteiger partial charge in [-0.15, -0.1) is 0 Å². The zero-order valence-corrected chi connectivity index (χ0v) is 15.8. The van der Waals surface area contributed by atoms with E-state index >= 15 is 0 Å². The van der Waals surface area contributed by atoms with E-state index in [0.29, 0.717) is 12.1 Å². The second-order valence-electron chi connectivity index (χ2n) is 6.43. The summed E-state index contributed by atoms with van der Waals surface area (Å²) in [5.41, 5.74) is 5.19. The first-order chi connectivity index (χ1) is 13.0. The van der Waals surface area contributed by atoms with E-state index in [2.05, 4.69) is 15.1 Å². The fourth-order valence-corrected chi connectivity index (χ4v) is 3.07. The van der Waals surface area contributed by atoms with E-state index in [1.165, 1.54) is 6.33 Å². The van der Waals surface area contributed by atoms with Crippen molar-refractivity contribution in [1.29, 1.82) is 0 Å². The van der Waals surface area contributed by atoms with Gasteiger partial charge < -0.3 is 10.0 Å². The maximum atomic E-state index is 13.1. The predicted octanol–water partition coefficient (Wildman–Crippen LogP) is 2.13. The molecule has 1 N–H and O–H groups in total. The van der Waals surface area contributed by atoms with Crippen LogP contribution in [-0.2, 0) is 13.6 Å². The Morgan fingerprint density at radius 3 is 2.56 bits per heavy atom. The SMILES string of the molecule is Cc1nn(C)c(C)c1CN(CCO)C(=O)c1cccc(-c2cncnc2)c1. The van der Waals surface area contributed by atoms with Gasteiger partial charge in [0, 0.05) is 54.9 Å². The van der Waals surface area contributed by atoms with Crippen molar-refractivity contribution >= 4 is 5.91 Å². The molecule has 3 aromatic rings. The first kappa shape index (κ1) is 18.7. The number of amides is 1. The lowest BCUT2D eigenvalue weighted by Crippen LogP contribution is -2.33. The number of rotatable bonds is 6. The van der Waals surface area contributed by atoms with Crippen LogP contribution in [0.5, 0.6) is 0 Å². The summed E-state index contributed by atoms with van der Waals surface area (Å²) in [6.07, 6.45) is 4.90. The molecule has 0 unspecified atom stereocenters. The molecular formula is C20H23N5O2. The number of aliphatic hydroxyl groups excluding tert-OH is 1. The number of hydrogen-bond acceptors (Lipinski definition) is 5. The van der Waals surface area contributed by atoms with E-state index in [1.54, 1.807) is 23.4 Å². The summed E-state index contributed by atoms with van der Waals surface area (Å²) in [6, 6.07) is 7.37. The number of benzene rings is 1. The fraction of sp³-hybridized carbons (Fsp3) is 0.300. The van der Waals surface area contributed by atoms with Crippen molar-refractivity contribution in [3.05, 3.63) is 65.5 Å². The third-order valence-corrected chi connectivity index (χ3v) is 4.67. The van der Waals surface area contributed by atoms with Crippen LogP contribution < -0.4 is 0 Å². The summed E-state index contributed by atoms with van der Waals surface area (Å²) in [4.78, 5) is 22.8. The molecule has 7 nitrogen and oxygen atoms in total. The minimum Gasteiger partial charge on any atom is -0.395 e. The topological polar surface area (TPSA) is 84.1 Å². The Labute approximate surface area is 158 Å². The van der Waals surface area contributed by atoms with Crippen LogP contribution in [0.4, 0.5) is 0 Å². The van der Waals surface area contributed by atoms with E-state index in [0.717, 1.165) is 28.1 Å². The first-order valence-electron chi connectivity index (χ1n) is 8.76. The Bertz CT molecular complexity index is 937. The van der Waals surface area contributed by atoms with Gasteiger partial charge in [0.15, 0.2) is 0 Å². The molecule has 0 saturated heterocycles. The Morgan fingerprint density at radius 2 is 1.93 bits per heavy atom. The van der Waals surface area contributed by atoms with Crippen molar-refractivity contribution in [2.75, 3.05) is 13.2 Å². The second kappa shape index (κ2) is 8.09. The summed E-state index contributed by atoms with van der Waals surface area (Å²) >= 11 is 0. The summed E-state index contributed by atoms with van der Waals surface area (Å²) in [6.45, 7) is 4.47. The molecule has 0 radical (unpaired) electrons. The Balaban J connectivity index is 1.89. The number of aryl methyl sites for hydroxylation is 2. The van der Waals surface area contributed by atoms with Gasteiger partial charge in [0.2, 0.25) is 0 Å². The molecule has 0 atom stereocenters. The molecule has 0 aliphatic rings. The van der Waals surface area contributed by atoms with Gasteiger partial charge in [-0.2, -0.15) is 5.10 Å². The van der Waals surface area contributed by atoms with Crippen LogP contribution in [0.25, 0.3) is 11.1 Å². The third-order valence-electron chi connectivity index (χ3n) is 4.67. The lowest BCUT2D eigenvalue weighted by molar-refractivity contribution is 0.0707. The average Bonchev–Trinajstić information content (AvgIpc) is 2.93. The number of carbonyl (C=O) groups is 1. The largest absolute Gasteiger partial charge is 0.395 e. The minimum atomic E-state index is -0.134. The van der Waals surface area contributed by atoms with E-state index in [4.69, 9.17) is 0 Å². The van der Waals surface area contributed by atoms with Crippen molar-refractivity contribution in [2.45, 2.75) is 20.4 Å². The maximum absolute atomic E-state index is 13.1. The average molecular weight is 365 g/mol. The van der Waals surface area contributed by atoms with Crippen LogP contribution in [-0.4, -0.2) is 48.8 Å². The van der Waals surface area contributed by atoms with Gasteiger partial charge in [-0.3, -0.25) is 9.48 Å². The van der Waals surface area contributed by atoms with Crippen molar-refractivity contribution in [1.82, 2.24) is 24.6 Å². The smallest absolute Gasteiger partial charge is 0.254 e. The van der Waals surface area contributed by atoms with Gasteiger partial charge in [0.1, 0.15) is 6.33 Å². The lowest BCUT2D eigenvalue weighted by Gasteiger charge is -2.22. The highest BCUT2D eigenvalue weighted by atomic mass is 16.3. The molecule has 2 heterocycles. The molecular weight excluding hydrogens is 342 g/mol. The summed E-state index contributed by atoms with van der Waals surface area (Å²) in [5, 5.41) is 13.9. The quantitative estimate of drug-likeness (QED) is 0.723. The molecule has 0 spiro atoms. The molecule has 2 aromatic heterocycles. The van der Waals surface area contributed by atoms with Crippen molar-refractivity contribution in [2.24, 2.45) is 7.05 Å².